The number of amides is 2. The van der Waals surface area contributed by atoms with E-state index in [1.807, 2.05) is 40.6 Å². The number of likely N-dealkylation sites (tertiary alicyclic amines) is 1. The van der Waals surface area contributed by atoms with Crippen molar-refractivity contribution in [2.75, 3.05) is 75.6 Å². The van der Waals surface area contributed by atoms with Crippen molar-refractivity contribution < 1.29 is 47.5 Å². The predicted molar refractivity (Wildman–Crippen MR) is 241 cm³/mol. The molecule has 15 rings (SSSR count). The molecule has 5 heterocycles. The molecule has 13 heteroatoms. The molecule has 5 aliphatic heterocycles. The molecule has 0 radical (unpaired) electrons. The maximum atomic E-state index is 16.2. The van der Waals surface area contributed by atoms with Gasteiger partial charge in [-0.3, -0.25) is 14.5 Å². The van der Waals surface area contributed by atoms with E-state index in [4.69, 9.17) is 37.9 Å². The molecule has 12 fully saturated rings. The van der Waals surface area contributed by atoms with Gasteiger partial charge in [-0.1, -0.05) is 6.92 Å². The smallest absolute Gasteiger partial charge is 0.242 e. The minimum Gasteiger partial charge on any atom is -0.496 e. The van der Waals surface area contributed by atoms with Gasteiger partial charge in [0, 0.05) is 91.1 Å². The van der Waals surface area contributed by atoms with Gasteiger partial charge in [0.1, 0.15) is 40.0 Å². The van der Waals surface area contributed by atoms with Crippen molar-refractivity contribution in [1.29, 1.82) is 10.5 Å². The fourth-order valence-corrected chi connectivity index (χ4v) is 23.4. The van der Waals surface area contributed by atoms with Crippen LogP contribution in [0.3, 0.4) is 0 Å². The molecule has 5 saturated heterocycles. The summed E-state index contributed by atoms with van der Waals surface area (Å²) in [6.07, 6.45) is 2.40. The number of allylic oxidation sites excluding steroid dienone is 2. The molecule has 7 saturated carbocycles. The van der Waals surface area contributed by atoms with E-state index in [9.17, 15) is 10.5 Å². The Kier molecular flexibility index (Phi) is 7.89. The largest absolute Gasteiger partial charge is 0.496 e. The molecule has 13 nitrogen and oxygen atoms in total. The van der Waals surface area contributed by atoms with Gasteiger partial charge in [0.15, 0.2) is 0 Å². The fraction of sp³-hybridized carbons (Fsp3) is 0.709. The number of hydrogen-bond donors (Lipinski definition) is 0. The molecule has 10 bridgehead atoms. The lowest BCUT2D eigenvalue weighted by molar-refractivity contribution is -0.330. The number of carbonyl (C=O) groups is 2. The summed E-state index contributed by atoms with van der Waals surface area (Å²) >= 11 is 0. The predicted octanol–water partition coefficient (Wildman–Crippen LogP) is 6.04. The molecule has 68 heavy (non-hydrogen) atoms. The monoisotopic (exact) mass is 923 g/mol. The van der Waals surface area contributed by atoms with Gasteiger partial charge in [0.25, 0.3) is 0 Å². The molecule has 0 N–H and O–H groups in total. The first-order valence-corrected chi connectivity index (χ1v) is 25.5. The van der Waals surface area contributed by atoms with Gasteiger partial charge in [-0.05, 0) is 120 Å². The maximum Gasteiger partial charge on any atom is 0.242 e. The number of nitriles is 2. The Morgan fingerprint density at radius 1 is 0.647 bits per heavy atom. The number of carbonyl (C=O) groups excluding carboxylic acids is 2. The highest BCUT2D eigenvalue weighted by atomic mass is 16.6. The van der Waals surface area contributed by atoms with Gasteiger partial charge >= 0.3 is 0 Å². The van der Waals surface area contributed by atoms with Gasteiger partial charge in [0.05, 0.1) is 65.1 Å². The molecule has 13 aliphatic rings. The lowest BCUT2D eigenvalue weighted by Crippen LogP contribution is -2.85. The van der Waals surface area contributed by atoms with Crippen molar-refractivity contribution in [2.24, 2.45) is 91.7 Å². The molecular formula is C55H61N3O10. The van der Waals surface area contributed by atoms with E-state index in [2.05, 4.69) is 31.2 Å². The zero-order chi connectivity index (χ0) is 46.6. The van der Waals surface area contributed by atoms with Crippen molar-refractivity contribution in [1.82, 2.24) is 4.90 Å². The number of hydrogen-bond acceptors (Lipinski definition) is 12. The lowest BCUT2D eigenvalue weighted by Gasteiger charge is -2.78. The molecule has 0 spiro atoms. The molecule has 22 atom stereocenters. The second-order valence-corrected chi connectivity index (χ2v) is 23.7. The number of ether oxygens (including phenoxy) is 8. The van der Waals surface area contributed by atoms with Crippen LogP contribution in [-0.2, 0) is 38.0 Å². The van der Waals surface area contributed by atoms with Crippen LogP contribution in [0.2, 0.25) is 0 Å². The van der Waals surface area contributed by atoms with E-state index in [0.717, 1.165) is 53.5 Å². The van der Waals surface area contributed by atoms with Gasteiger partial charge in [0.2, 0.25) is 11.8 Å². The Labute approximate surface area is 397 Å². The Morgan fingerprint density at radius 3 is 1.44 bits per heavy atom. The third-order valence-electron chi connectivity index (χ3n) is 23.7. The van der Waals surface area contributed by atoms with Crippen LogP contribution >= 0.6 is 0 Å². The van der Waals surface area contributed by atoms with Gasteiger partial charge in [-0.15, -0.1) is 0 Å². The highest BCUT2D eigenvalue weighted by Crippen LogP contribution is 2.98. The van der Waals surface area contributed by atoms with Crippen molar-refractivity contribution >= 4 is 22.6 Å². The summed E-state index contributed by atoms with van der Waals surface area (Å²) in [7, 11) is 10.7. The first-order valence-electron chi connectivity index (χ1n) is 25.5. The number of benzene rings is 2. The summed E-state index contributed by atoms with van der Waals surface area (Å²) in [4.78, 5) is 34.1. The van der Waals surface area contributed by atoms with Crippen molar-refractivity contribution in [3.63, 3.8) is 0 Å². The molecular weight excluding hydrogens is 863 g/mol. The second kappa shape index (κ2) is 12.9. The molecule has 0 aromatic heterocycles. The number of rotatable bonds is 12. The summed E-state index contributed by atoms with van der Waals surface area (Å²) in [5.74, 6) is 2.80. The minimum absolute atomic E-state index is 0.0545. The van der Waals surface area contributed by atoms with Crippen molar-refractivity contribution in [2.45, 2.75) is 75.3 Å². The van der Waals surface area contributed by atoms with Gasteiger partial charge in [-0.2, -0.15) is 10.5 Å². The standard InChI is InChI=1S/C55H61N3O10/c1-8-13-58-48(59)54-44-40-41(51(21-62-3)32-16-31(50(40,51)20-61-2)27-14-29-30(15-28(27)32)36(66-7)12-11-35(29)65-6)45(67-44)55(54,49(58)60)47-43-42(46(54)68-47)52(22-63-4)33-17-34(53(43,52)23-64-5)39-26-10-9-25(38(33)39)37(26)24(18-56)19-57/h11-12,14-15,25-26,31-34,38-47H,8-10,13,16-17,20-23H2,1-7H3/t25-,26+,31-,32+,33-,34+,38+,39-,40-,41+,42+,43-,44-,45+,46+,47-,50-,51+,52-,53+,54+,55-. The first-order chi connectivity index (χ1) is 33.1. The van der Waals surface area contributed by atoms with Crippen LogP contribution in [0.5, 0.6) is 11.5 Å². The number of fused-ring (bicyclic) bond motifs is 35. The minimum atomic E-state index is -1.21. The van der Waals surface area contributed by atoms with Crippen LogP contribution < -0.4 is 9.47 Å². The number of nitrogens with zero attached hydrogens (tertiary/aromatic N) is 3. The Balaban J connectivity index is 0.940. The average molecular weight is 924 g/mol. The summed E-state index contributed by atoms with van der Waals surface area (Å²) in [6, 6.07) is 13.3. The van der Waals surface area contributed by atoms with Crippen LogP contribution in [-0.4, -0.2) is 117 Å². The molecule has 8 aliphatic carbocycles. The summed E-state index contributed by atoms with van der Waals surface area (Å²) in [5, 5.41) is 22.6. The van der Waals surface area contributed by atoms with Crippen LogP contribution in [0.25, 0.3) is 10.8 Å². The summed E-state index contributed by atoms with van der Waals surface area (Å²) in [5.41, 5.74) is -0.0945. The Morgan fingerprint density at radius 2 is 1.06 bits per heavy atom. The highest BCUT2D eigenvalue weighted by Gasteiger charge is 3.05. The van der Waals surface area contributed by atoms with Crippen LogP contribution in [0.1, 0.15) is 62.0 Å². The van der Waals surface area contributed by atoms with E-state index >= 15 is 9.59 Å². The lowest BCUT2D eigenvalue weighted by atomic mass is 9.22. The SMILES string of the molecule is CCCN1C(=O)[C@@]23[C@@H]4O[C@@H]([C@@H]5[C@H]4[C@@]4(COC)[C@@H]6C[C@@H](c7cc8c(OC)ccc(OC)c8cc76)[C@@]54COC)[C@]2(C1=O)[C@@H]1O[C@H]3[C@@H]2[C@H]1[C@]1(COC)[C@H]3C[C@H]([C@H]4[C@@H]3[C@H]3CC[C@@H]4C3=C(C#N)C#N)[C@]21COC. The molecule has 2 aromatic rings. The molecule has 0 unspecified atom stereocenters. The highest BCUT2D eigenvalue weighted by molar-refractivity contribution is 6.13. The van der Waals surface area contributed by atoms with Gasteiger partial charge < -0.3 is 37.9 Å². The summed E-state index contributed by atoms with van der Waals surface area (Å²) in [6.45, 7) is 4.39. The quantitative estimate of drug-likeness (QED) is 0.105. The summed E-state index contributed by atoms with van der Waals surface area (Å²) < 4.78 is 53.3. The normalized spacial score (nSPS) is 51.4. The average Bonchev–Trinajstić information content (AvgIpc) is 4.23. The molecule has 2 amide bonds. The second-order valence-electron chi connectivity index (χ2n) is 23.7. The van der Waals surface area contributed by atoms with Crippen LogP contribution in [0.15, 0.2) is 35.4 Å². The fourth-order valence-electron chi connectivity index (χ4n) is 23.4. The Hall–Kier alpha value is -4.08. The van der Waals surface area contributed by atoms with Crippen molar-refractivity contribution in [3.05, 3.63) is 46.5 Å². The van der Waals surface area contributed by atoms with Gasteiger partial charge in [-0.25, -0.2) is 0 Å². The maximum absolute atomic E-state index is 16.2. The molecule has 2 aromatic carbocycles. The van der Waals surface area contributed by atoms with E-state index in [-0.39, 0.29) is 81.8 Å². The Bertz CT molecular complexity index is 2640. The zero-order valence-corrected chi connectivity index (χ0v) is 40.0. The third kappa shape index (κ3) is 3.51. The topological polar surface area (TPSA) is 159 Å². The van der Waals surface area contributed by atoms with Crippen LogP contribution in [0.4, 0.5) is 0 Å². The third-order valence-corrected chi connectivity index (χ3v) is 23.7. The van der Waals surface area contributed by atoms with Crippen molar-refractivity contribution in [3.8, 4) is 23.6 Å². The molecule has 356 valence electrons. The van der Waals surface area contributed by atoms with E-state index in [1.165, 1.54) is 11.1 Å². The first kappa shape index (κ1) is 41.7. The number of imide groups is 1. The zero-order valence-electron chi connectivity index (χ0n) is 40.0. The van der Waals surface area contributed by atoms with E-state index in [1.54, 1.807) is 19.1 Å². The number of methoxy groups -OCH3 is 6. The van der Waals surface area contributed by atoms with E-state index < -0.39 is 46.1 Å². The van der Waals surface area contributed by atoms with E-state index in [0.29, 0.717) is 56.8 Å². The van der Waals surface area contributed by atoms with Crippen LogP contribution in [0, 0.1) is 114 Å².